The Bertz CT molecular complexity index is 536. The summed E-state index contributed by atoms with van der Waals surface area (Å²) in [5, 5.41) is 14.3. The second-order valence-corrected chi connectivity index (χ2v) is 5.85. The SMILES string of the molecule is CC1CCCN1S(=O)(=O)c1[nH]ncc1C(=O)O. The van der Waals surface area contributed by atoms with Crippen molar-refractivity contribution in [2.75, 3.05) is 6.54 Å². The largest absolute Gasteiger partial charge is 0.478 e. The van der Waals surface area contributed by atoms with Crippen LogP contribution in [0.5, 0.6) is 0 Å². The molecule has 1 atom stereocenters. The molecule has 1 aliphatic rings. The number of sulfonamides is 1. The molecular formula is C9H13N3O4S. The maximum Gasteiger partial charge on any atom is 0.340 e. The van der Waals surface area contributed by atoms with Gasteiger partial charge in [0.1, 0.15) is 5.56 Å². The predicted molar refractivity (Wildman–Crippen MR) is 58.1 cm³/mol. The van der Waals surface area contributed by atoms with Gasteiger partial charge in [-0.1, -0.05) is 0 Å². The highest BCUT2D eigenvalue weighted by molar-refractivity contribution is 7.89. The molecule has 2 N–H and O–H groups in total. The number of nitrogens with zero attached hydrogens (tertiary/aromatic N) is 2. The average Bonchev–Trinajstić information content (AvgIpc) is 2.84. The highest BCUT2D eigenvalue weighted by Gasteiger charge is 2.36. The van der Waals surface area contributed by atoms with Crippen LogP contribution in [0.15, 0.2) is 11.2 Å². The van der Waals surface area contributed by atoms with Gasteiger partial charge in [0, 0.05) is 12.6 Å². The van der Waals surface area contributed by atoms with E-state index in [4.69, 9.17) is 5.11 Å². The fourth-order valence-corrected chi connectivity index (χ4v) is 3.77. The van der Waals surface area contributed by atoms with Crippen LogP contribution in [-0.2, 0) is 10.0 Å². The van der Waals surface area contributed by atoms with Gasteiger partial charge in [-0.2, -0.15) is 9.40 Å². The molecule has 0 aromatic carbocycles. The van der Waals surface area contributed by atoms with Crippen molar-refractivity contribution in [3.63, 3.8) is 0 Å². The molecule has 17 heavy (non-hydrogen) atoms. The number of H-pyrrole nitrogens is 1. The zero-order chi connectivity index (χ0) is 12.6. The quantitative estimate of drug-likeness (QED) is 0.811. The van der Waals surface area contributed by atoms with Crippen LogP contribution in [0.1, 0.15) is 30.1 Å². The van der Waals surface area contributed by atoms with Crippen LogP contribution in [-0.4, -0.2) is 46.6 Å². The molecule has 7 nitrogen and oxygen atoms in total. The number of hydrogen-bond acceptors (Lipinski definition) is 4. The van der Waals surface area contributed by atoms with E-state index in [1.54, 1.807) is 6.92 Å². The van der Waals surface area contributed by atoms with Gasteiger partial charge in [0.15, 0.2) is 5.03 Å². The summed E-state index contributed by atoms with van der Waals surface area (Å²) in [5.74, 6) is -1.30. The second-order valence-electron chi connectivity index (χ2n) is 4.02. The van der Waals surface area contributed by atoms with Crippen molar-refractivity contribution in [1.82, 2.24) is 14.5 Å². The maximum absolute atomic E-state index is 12.2. The lowest BCUT2D eigenvalue weighted by molar-refractivity contribution is 0.0692. The zero-order valence-corrected chi connectivity index (χ0v) is 10.1. The Kier molecular flexibility index (Phi) is 2.92. The smallest absolute Gasteiger partial charge is 0.340 e. The third kappa shape index (κ3) is 1.93. The molecule has 0 radical (unpaired) electrons. The zero-order valence-electron chi connectivity index (χ0n) is 9.25. The Morgan fingerprint density at radius 3 is 2.88 bits per heavy atom. The van der Waals surface area contributed by atoms with Crippen LogP contribution in [0.3, 0.4) is 0 Å². The number of aromatic nitrogens is 2. The summed E-state index contributed by atoms with van der Waals surface area (Å²) in [4.78, 5) is 10.9. The van der Waals surface area contributed by atoms with E-state index in [2.05, 4.69) is 10.2 Å². The van der Waals surface area contributed by atoms with Gasteiger partial charge in [-0.25, -0.2) is 13.2 Å². The maximum atomic E-state index is 12.2. The first-order chi connectivity index (χ1) is 7.94. The van der Waals surface area contributed by atoms with E-state index in [0.29, 0.717) is 6.54 Å². The lowest BCUT2D eigenvalue weighted by Crippen LogP contribution is -2.34. The molecule has 1 aromatic heterocycles. The number of carbonyl (C=O) groups is 1. The van der Waals surface area contributed by atoms with Crippen LogP contribution in [0.2, 0.25) is 0 Å². The predicted octanol–water partition coefficient (Wildman–Crippen LogP) is 0.281. The molecule has 8 heteroatoms. The van der Waals surface area contributed by atoms with Gasteiger partial charge in [-0.3, -0.25) is 5.10 Å². The van der Waals surface area contributed by atoms with E-state index >= 15 is 0 Å². The summed E-state index contributed by atoms with van der Waals surface area (Å²) in [5.41, 5.74) is -0.316. The van der Waals surface area contributed by atoms with Crippen molar-refractivity contribution < 1.29 is 18.3 Å². The Labute approximate surface area is 98.5 Å². The summed E-state index contributed by atoms with van der Waals surface area (Å²) in [7, 11) is -3.79. The van der Waals surface area contributed by atoms with E-state index in [-0.39, 0.29) is 16.6 Å². The van der Waals surface area contributed by atoms with E-state index in [9.17, 15) is 13.2 Å². The third-order valence-electron chi connectivity index (χ3n) is 2.89. The highest BCUT2D eigenvalue weighted by atomic mass is 32.2. The van der Waals surface area contributed by atoms with E-state index < -0.39 is 16.0 Å². The molecule has 0 aliphatic carbocycles. The monoisotopic (exact) mass is 259 g/mol. The molecular weight excluding hydrogens is 246 g/mol. The minimum absolute atomic E-state index is 0.107. The second kappa shape index (κ2) is 4.11. The fourth-order valence-electron chi connectivity index (χ4n) is 2.00. The Morgan fingerprint density at radius 2 is 2.35 bits per heavy atom. The first-order valence-electron chi connectivity index (χ1n) is 5.23. The van der Waals surface area contributed by atoms with Crippen molar-refractivity contribution in [1.29, 1.82) is 0 Å². The van der Waals surface area contributed by atoms with Gasteiger partial charge in [-0.05, 0) is 19.8 Å². The molecule has 94 valence electrons. The third-order valence-corrected chi connectivity index (χ3v) is 4.88. The number of carboxylic acids is 1. The minimum atomic E-state index is -3.79. The van der Waals surface area contributed by atoms with E-state index in [1.807, 2.05) is 0 Å². The van der Waals surface area contributed by atoms with Crippen LogP contribution < -0.4 is 0 Å². The van der Waals surface area contributed by atoms with Crippen LogP contribution in [0.25, 0.3) is 0 Å². The first-order valence-corrected chi connectivity index (χ1v) is 6.67. The molecule has 1 saturated heterocycles. The summed E-state index contributed by atoms with van der Waals surface area (Å²) < 4.78 is 25.8. The summed E-state index contributed by atoms with van der Waals surface area (Å²) in [6, 6.07) is -0.107. The highest BCUT2D eigenvalue weighted by Crippen LogP contribution is 2.26. The number of hydrogen-bond donors (Lipinski definition) is 2. The topological polar surface area (TPSA) is 103 Å². The number of aromatic carboxylic acids is 1. The van der Waals surface area contributed by atoms with Gasteiger partial charge >= 0.3 is 5.97 Å². The molecule has 1 fully saturated rings. The Morgan fingerprint density at radius 1 is 1.65 bits per heavy atom. The molecule has 2 rings (SSSR count). The molecule has 0 saturated carbocycles. The van der Waals surface area contributed by atoms with Crippen LogP contribution in [0, 0.1) is 0 Å². The number of rotatable bonds is 3. The molecule has 0 amide bonds. The fraction of sp³-hybridized carbons (Fsp3) is 0.556. The van der Waals surface area contributed by atoms with Crippen molar-refractivity contribution >= 4 is 16.0 Å². The van der Waals surface area contributed by atoms with Gasteiger partial charge in [-0.15, -0.1) is 0 Å². The molecule has 0 bridgehead atoms. The summed E-state index contributed by atoms with van der Waals surface area (Å²) >= 11 is 0. The normalized spacial score (nSPS) is 21.8. The van der Waals surface area contributed by atoms with Crippen molar-refractivity contribution in [2.45, 2.75) is 30.8 Å². The van der Waals surface area contributed by atoms with E-state index in [1.165, 1.54) is 4.31 Å². The summed E-state index contributed by atoms with van der Waals surface area (Å²) in [6.45, 7) is 2.23. The number of nitrogens with one attached hydrogen (secondary N) is 1. The summed E-state index contributed by atoms with van der Waals surface area (Å²) in [6.07, 6.45) is 2.59. The first kappa shape index (κ1) is 12.1. The standard InChI is InChI=1S/C9H13N3O4S/c1-6-3-2-4-12(6)17(15,16)8-7(9(13)14)5-10-11-8/h5-6H,2-4H2,1H3,(H,10,11)(H,13,14). The van der Waals surface area contributed by atoms with Gasteiger partial charge in [0.2, 0.25) is 0 Å². The van der Waals surface area contributed by atoms with Gasteiger partial charge < -0.3 is 5.11 Å². The molecule has 2 heterocycles. The van der Waals surface area contributed by atoms with Crippen molar-refractivity contribution in [3.8, 4) is 0 Å². The van der Waals surface area contributed by atoms with Crippen molar-refractivity contribution in [3.05, 3.63) is 11.8 Å². The minimum Gasteiger partial charge on any atom is -0.478 e. The lowest BCUT2D eigenvalue weighted by atomic mass is 10.3. The Hall–Kier alpha value is -1.41. The molecule has 1 aliphatic heterocycles. The van der Waals surface area contributed by atoms with Crippen LogP contribution >= 0.6 is 0 Å². The average molecular weight is 259 g/mol. The van der Waals surface area contributed by atoms with Gasteiger partial charge in [0.05, 0.1) is 6.20 Å². The molecule has 0 spiro atoms. The molecule has 1 unspecified atom stereocenters. The lowest BCUT2D eigenvalue weighted by Gasteiger charge is -2.19. The molecule has 1 aromatic rings. The van der Waals surface area contributed by atoms with Crippen LogP contribution in [0.4, 0.5) is 0 Å². The number of aromatic amines is 1. The van der Waals surface area contributed by atoms with Crippen molar-refractivity contribution in [2.24, 2.45) is 0 Å². The van der Waals surface area contributed by atoms with Gasteiger partial charge in [0.25, 0.3) is 10.0 Å². The Balaban J connectivity index is 2.45. The van der Waals surface area contributed by atoms with E-state index in [0.717, 1.165) is 19.0 Å². The number of carboxylic acid groups (broad SMARTS) is 1.